The van der Waals surface area contributed by atoms with Crippen molar-refractivity contribution in [3.05, 3.63) is 46.5 Å². The molecule has 0 radical (unpaired) electrons. The Morgan fingerprint density at radius 3 is 2.74 bits per heavy atom. The average molecular weight is 426 g/mol. The van der Waals surface area contributed by atoms with Crippen LogP contribution >= 0.6 is 0 Å². The Morgan fingerprint density at radius 2 is 2.10 bits per heavy atom. The van der Waals surface area contributed by atoms with Gasteiger partial charge in [-0.2, -0.15) is 10.4 Å². The van der Waals surface area contributed by atoms with Crippen LogP contribution in [0.3, 0.4) is 0 Å². The van der Waals surface area contributed by atoms with Crippen molar-refractivity contribution in [3.63, 3.8) is 0 Å². The third kappa shape index (κ3) is 4.53. The fraction of sp³-hybridized carbons (Fsp3) is 0.455. The van der Waals surface area contributed by atoms with Gasteiger partial charge in [-0.3, -0.25) is 9.48 Å². The number of carbonyl (C=O) groups excluding carboxylic acids is 2. The molecule has 0 spiro atoms. The normalized spacial score (nSPS) is 15.1. The summed E-state index contributed by atoms with van der Waals surface area (Å²) in [7, 11) is 3.39. The summed E-state index contributed by atoms with van der Waals surface area (Å²) in [6.07, 6.45) is 0.631. The van der Waals surface area contributed by atoms with Gasteiger partial charge in [-0.05, 0) is 24.6 Å². The van der Waals surface area contributed by atoms with Gasteiger partial charge >= 0.3 is 6.03 Å². The number of amides is 3. The number of nitrogens with one attached hydrogen (secondary N) is 1. The Morgan fingerprint density at radius 1 is 1.39 bits per heavy atom. The van der Waals surface area contributed by atoms with Crippen molar-refractivity contribution in [1.82, 2.24) is 19.6 Å². The van der Waals surface area contributed by atoms with Crippen LogP contribution in [-0.4, -0.2) is 52.2 Å². The molecule has 1 aliphatic rings. The number of hydrogen-bond donors (Lipinski definition) is 1. The molecule has 0 saturated heterocycles. The molecule has 3 amide bonds. The summed E-state index contributed by atoms with van der Waals surface area (Å²) in [4.78, 5) is 29.0. The van der Waals surface area contributed by atoms with E-state index in [2.05, 4.69) is 24.3 Å². The number of nitriles is 1. The van der Waals surface area contributed by atoms with E-state index in [4.69, 9.17) is 5.26 Å². The van der Waals surface area contributed by atoms with E-state index in [0.29, 0.717) is 30.9 Å². The Balaban J connectivity index is 1.87. The SMILES string of the molecule is CCc1nn2c(c1CN(C)C(=O)Nc1ccc(F)c(C#N)c1)C(=O)N(C)CC(C)(C)C2. The van der Waals surface area contributed by atoms with Gasteiger partial charge in [0.15, 0.2) is 0 Å². The molecular formula is C22H27FN6O2. The first-order chi connectivity index (χ1) is 14.6. The van der Waals surface area contributed by atoms with Crippen molar-refractivity contribution in [3.8, 4) is 6.07 Å². The fourth-order valence-corrected chi connectivity index (χ4v) is 3.92. The molecule has 0 bridgehead atoms. The quantitative estimate of drug-likeness (QED) is 0.812. The first-order valence-electron chi connectivity index (χ1n) is 10.1. The van der Waals surface area contributed by atoms with Gasteiger partial charge in [0.05, 0.1) is 17.8 Å². The van der Waals surface area contributed by atoms with Crippen molar-refractivity contribution in [2.24, 2.45) is 5.41 Å². The number of anilines is 1. The predicted molar refractivity (Wildman–Crippen MR) is 114 cm³/mol. The molecule has 1 aliphatic heterocycles. The minimum Gasteiger partial charge on any atom is -0.340 e. The zero-order chi connectivity index (χ0) is 22.9. The Bertz CT molecular complexity index is 1070. The first kappa shape index (κ1) is 22.3. The second kappa shape index (κ2) is 8.38. The largest absolute Gasteiger partial charge is 0.340 e. The van der Waals surface area contributed by atoms with Crippen molar-refractivity contribution in [2.45, 2.75) is 40.3 Å². The highest BCUT2D eigenvalue weighted by Crippen LogP contribution is 2.29. The molecule has 9 heteroatoms. The topological polar surface area (TPSA) is 94.3 Å². The number of nitrogens with zero attached hydrogens (tertiary/aromatic N) is 5. The third-order valence-electron chi connectivity index (χ3n) is 5.34. The van der Waals surface area contributed by atoms with Crippen LogP contribution in [0.4, 0.5) is 14.9 Å². The molecule has 2 aromatic rings. The van der Waals surface area contributed by atoms with E-state index in [1.807, 2.05) is 6.92 Å². The fourth-order valence-electron chi connectivity index (χ4n) is 3.92. The van der Waals surface area contributed by atoms with E-state index in [0.717, 1.165) is 17.3 Å². The smallest absolute Gasteiger partial charge is 0.321 e. The predicted octanol–water partition coefficient (Wildman–Crippen LogP) is 3.23. The molecule has 0 atom stereocenters. The number of aromatic nitrogens is 2. The van der Waals surface area contributed by atoms with Crippen LogP contribution < -0.4 is 5.32 Å². The summed E-state index contributed by atoms with van der Waals surface area (Å²) < 4.78 is 15.3. The maximum atomic E-state index is 13.5. The Labute approximate surface area is 181 Å². The van der Waals surface area contributed by atoms with Crippen LogP contribution in [-0.2, 0) is 19.5 Å². The van der Waals surface area contributed by atoms with Gasteiger partial charge in [0, 0.05) is 43.9 Å². The van der Waals surface area contributed by atoms with E-state index in [1.54, 1.807) is 29.7 Å². The lowest BCUT2D eigenvalue weighted by molar-refractivity contribution is 0.0752. The van der Waals surface area contributed by atoms with Crippen molar-refractivity contribution < 1.29 is 14.0 Å². The summed E-state index contributed by atoms with van der Waals surface area (Å²) in [5.41, 5.74) is 2.06. The van der Waals surface area contributed by atoms with Crippen LogP contribution in [0, 0.1) is 22.6 Å². The van der Waals surface area contributed by atoms with Crippen LogP contribution in [0.1, 0.15) is 48.1 Å². The van der Waals surface area contributed by atoms with Crippen molar-refractivity contribution in [2.75, 3.05) is 26.0 Å². The maximum Gasteiger partial charge on any atom is 0.321 e. The van der Waals surface area contributed by atoms with Crippen LogP contribution in [0.2, 0.25) is 0 Å². The van der Waals surface area contributed by atoms with E-state index in [1.165, 1.54) is 17.0 Å². The maximum absolute atomic E-state index is 13.5. The lowest BCUT2D eigenvalue weighted by atomic mass is 9.93. The summed E-state index contributed by atoms with van der Waals surface area (Å²) in [6, 6.07) is 5.13. The van der Waals surface area contributed by atoms with E-state index < -0.39 is 11.8 Å². The zero-order valence-corrected chi connectivity index (χ0v) is 18.5. The molecule has 8 nitrogen and oxygen atoms in total. The van der Waals surface area contributed by atoms with Gasteiger partial charge in [-0.1, -0.05) is 20.8 Å². The number of benzene rings is 1. The van der Waals surface area contributed by atoms with Crippen LogP contribution in [0.5, 0.6) is 0 Å². The molecule has 1 N–H and O–H groups in total. The van der Waals surface area contributed by atoms with Gasteiger partial charge < -0.3 is 15.1 Å². The number of urea groups is 1. The second-order valence-electron chi connectivity index (χ2n) is 8.70. The molecule has 0 aliphatic carbocycles. The van der Waals surface area contributed by atoms with Gasteiger partial charge in [-0.15, -0.1) is 0 Å². The summed E-state index contributed by atoms with van der Waals surface area (Å²) in [5, 5.41) is 16.3. The van der Waals surface area contributed by atoms with E-state index >= 15 is 0 Å². The van der Waals surface area contributed by atoms with Crippen LogP contribution in [0.15, 0.2) is 18.2 Å². The van der Waals surface area contributed by atoms with Gasteiger partial charge in [-0.25, -0.2) is 9.18 Å². The number of aryl methyl sites for hydroxylation is 1. The lowest BCUT2D eigenvalue weighted by Crippen LogP contribution is -2.35. The molecule has 1 aromatic heterocycles. The minimum absolute atomic E-state index is 0.112. The Kier molecular flexibility index (Phi) is 6.02. The molecule has 3 rings (SSSR count). The van der Waals surface area contributed by atoms with Gasteiger partial charge in [0.2, 0.25) is 0 Å². The number of carbonyl (C=O) groups is 2. The average Bonchev–Trinajstić information content (AvgIpc) is 2.99. The molecule has 0 fully saturated rings. The Hall–Kier alpha value is -3.41. The summed E-state index contributed by atoms with van der Waals surface area (Å²) in [6.45, 7) is 7.56. The highest BCUT2D eigenvalue weighted by atomic mass is 19.1. The van der Waals surface area contributed by atoms with E-state index in [9.17, 15) is 14.0 Å². The molecule has 2 heterocycles. The number of halogens is 1. The first-order valence-corrected chi connectivity index (χ1v) is 10.1. The molecule has 1 aromatic carbocycles. The summed E-state index contributed by atoms with van der Waals surface area (Å²) >= 11 is 0. The minimum atomic E-state index is -0.644. The van der Waals surface area contributed by atoms with Crippen LogP contribution in [0.25, 0.3) is 0 Å². The van der Waals surface area contributed by atoms with Gasteiger partial charge in [0.25, 0.3) is 5.91 Å². The third-order valence-corrected chi connectivity index (χ3v) is 5.34. The second-order valence-corrected chi connectivity index (χ2v) is 8.70. The monoisotopic (exact) mass is 426 g/mol. The number of rotatable bonds is 4. The lowest BCUT2D eigenvalue weighted by Gasteiger charge is -2.26. The molecule has 31 heavy (non-hydrogen) atoms. The molecule has 164 valence electrons. The molecule has 0 saturated carbocycles. The zero-order valence-electron chi connectivity index (χ0n) is 18.5. The van der Waals surface area contributed by atoms with E-state index in [-0.39, 0.29) is 23.4 Å². The number of fused-ring (bicyclic) bond motifs is 1. The summed E-state index contributed by atoms with van der Waals surface area (Å²) in [5.74, 6) is -0.756. The van der Waals surface area contributed by atoms with Crippen molar-refractivity contribution in [1.29, 1.82) is 5.26 Å². The molecule has 0 unspecified atom stereocenters. The van der Waals surface area contributed by atoms with Crippen molar-refractivity contribution >= 4 is 17.6 Å². The van der Waals surface area contributed by atoms with Gasteiger partial charge in [0.1, 0.15) is 17.6 Å². The highest BCUT2D eigenvalue weighted by Gasteiger charge is 2.35. The highest BCUT2D eigenvalue weighted by molar-refractivity contribution is 5.95. The molecular weight excluding hydrogens is 399 g/mol. The number of hydrogen-bond acceptors (Lipinski definition) is 4. The standard InChI is InChI=1S/C22H27FN6O2/c1-6-18-16(19-20(30)28(5)12-22(2,3)13-29(19)26-18)11-27(4)21(31)25-15-7-8-17(23)14(9-15)10-24/h7-9H,6,11-13H2,1-5H3,(H,25,31).